The molecule has 0 bridgehead atoms. The molecule has 0 amide bonds. The van der Waals surface area contributed by atoms with Crippen molar-refractivity contribution in [3.8, 4) is 61.7 Å². The van der Waals surface area contributed by atoms with Crippen molar-refractivity contribution in [3.05, 3.63) is 168 Å². The van der Waals surface area contributed by atoms with Crippen LogP contribution in [0.5, 0.6) is 11.5 Å². The number of rotatable bonds is 0. The van der Waals surface area contributed by atoms with Crippen LogP contribution in [0, 0.1) is 0 Å². The fraction of sp³-hybridized carbons (Fsp3) is 0.0800. The van der Waals surface area contributed by atoms with Gasteiger partial charge in [-0.1, -0.05) is 92.7 Å². The highest BCUT2D eigenvalue weighted by atomic mass is 16.5. The second-order valence-electron chi connectivity index (χ2n) is 16.5. The van der Waals surface area contributed by atoms with Crippen molar-refractivity contribution < 1.29 is 13.9 Å². The van der Waals surface area contributed by atoms with Crippen LogP contribution in [0.3, 0.4) is 0 Å². The van der Waals surface area contributed by atoms with Gasteiger partial charge in [-0.15, -0.1) is 0 Å². The van der Waals surface area contributed by atoms with Crippen LogP contribution in [0.2, 0.25) is 0 Å². The summed E-state index contributed by atoms with van der Waals surface area (Å²) in [6.45, 7) is 4.82. The van der Waals surface area contributed by atoms with Crippen molar-refractivity contribution in [1.29, 1.82) is 0 Å². The van der Waals surface area contributed by atoms with E-state index in [1.165, 1.54) is 112 Å². The first kappa shape index (κ1) is 27.6. The first-order valence-electron chi connectivity index (χ1n) is 19.3. The Morgan fingerprint density at radius 1 is 0.473 bits per heavy atom. The summed E-state index contributed by atoms with van der Waals surface area (Å²) in [5, 5.41) is 2.51. The Morgan fingerprint density at radius 3 is 1.80 bits per heavy atom. The number of anilines is 3. The Bertz CT molecular complexity index is 3410. The molecule has 1 unspecified atom stereocenters. The minimum absolute atomic E-state index is 0.277. The molecule has 9 aromatic rings. The van der Waals surface area contributed by atoms with Crippen LogP contribution in [0.15, 0.2) is 146 Å². The van der Waals surface area contributed by atoms with Crippen molar-refractivity contribution in [2.75, 3.05) is 4.90 Å². The zero-order chi connectivity index (χ0) is 35.7. The van der Waals surface area contributed by atoms with Crippen LogP contribution in [0.1, 0.15) is 36.1 Å². The molecule has 0 N–H and O–H groups in total. The maximum Gasteiger partial charge on any atom is 0.321 e. The zero-order valence-corrected chi connectivity index (χ0v) is 30.1. The molecule has 5 heteroatoms. The second kappa shape index (κ2) is 8.53. The Morgan fingerprint density at radius 2 is 1.04 bits per heavy atom. The Kier molecular flexibility index (Phi) is 4.28. The van der Waals surface area contributed by atoms with E-state index in [4.69, 9.17) is 4.74 Å². The monoisotopic (exact) mass is 702 g/mol. The van der Waals surface area contributed by atoms with Gasteiger partial charge < -0.3 is 4.74 Å². The molecule has 55 heavy (non-hydrogen) atoms. The van der Waals surface area contributed by atoms with Gasteiger partial charge in [0, 0.05) is 38.6 Å². The minimum atomic E-state index is -0.827. The van der Waals surface area contributed by atoms with E-state index in [9.17, 15) is 0 Å². The van der Waals surface area contributed by atoms with Gasteiger partial charge in [0.05, 0.1) is 23.3 Å². The number of ether oxygens (including phenoxy) is 1. The first-order valence-corrected chi connectivity index (χ1v) is 19.3. The lowest BCUT2D eigenvalue weighted by atomic mass is 9.71. The van der Waals surface area contributed by atoms with Crippen LogP contribution < -0.4 is 18.8 Å². The van der Waals surface area contributed by atoms with E-state index in [2.05, 4.69) is 178 Å². The van der Waals surface area contributed by atoms with Gasteiger partial charge in [0.15, 0.2) is 11.4 Å². The van der Waals surface area contributed by atoms with Gasteiger partial charge in [-0.05, 0) is 76.9 Å². The third-order valence-corrected chi connectivity index (χ3v) is 13.9. The molecule has 1 atom stereocenters. The highest BCUT2D eigenvalue weighted by molar-refractivity contribution is 6.16. The summed E-state index contributed by atoms with van der Waals surface area (Å²) in [6.07, 6.45) is 4.67. The van der Waals surface area contributed by atoms with Crippen molar-refractivity contribution >= 4 is 39.1 Å². The summed E-state index contributed by atoms with van der Waals surface area (Å²) in [6, 6.07) is 50.0. The highest BCUT2D eigenvalue weighted by Crippen LogP contribution is 2.66. The van der Waals surface area contributed by atoms with Gasteiger partial charge in [-0.2, -0.15) is 18.6 Å². The largest absolute Gasteiger partial charge is 0.456 e. The fourth-order valence-electron chi connectivity index (χ4n) is 11.8. The van der Waals surface area contributed by atoms with Crippen LogP contribution >= 0.6 is 0 Å². The normalized spacial score (nSPS) is 18.0. The van der Waals surface area contributed by atoms with E-state index in [-0.39, 0.29) is 5.41 Å². The Hall–Kier alpha value is -6.98. The summed E-state index contributed by atoms with van der Waals surface area (Å²) in [7, 11) is 0. The van der Waals surface area contributed by atoms with Crippen LogP contribution in [0.25, 0.3) is 72.1 Å². The standard InChI is InChI=1S/C50H30N4O/c1-49(2)37-19-8-17-32-28-12-4-6-14-30(28)35-22-24-40-42-46(35)54(44(32)37)48-38(49)20-10-26-52(48)50(42)41-39(55-40)23-21-34-29-13-5-3-11-27(29)31-15-7-16-33-36-18-9-25-51(50)47(36)53(43(31)33)45(34)41/h3-26H,1-2H3/q+2. The minimum Gasteiger partial charge on any atom is -0.456 e. The molecule has 254 valence electrons. The molecule has 0 saturated heterocycles. The SMILES string of the molecule is CC1(C)c2cccc3c2N2c4c(ccc5c4C4(c6c(ccc7c6-n6c8c(cccc8c8ccc[n+]4c86)-c4ccccc4-7)O5)[n+]4cccc1c42)-c1ccccc1-3. The van der Waals surface area contributed by atoms with E-state index in [0.29, 0.717) is 0 Å². The number of fused-ring (bicyclic) bond motifs is 7. The molecule has 0 aliphatic carbocycles. The summed E-state index contributed by atoms with van der Waals surface area (Å²) in [5.41, 5.74) is 19.9. The van der Waals surface area contributed by atoms with Crippen molar-refractivity contribution in [1.82, 2.24) is 4.57 Å². The molecule has 9 heterocycles. The van der Waals surface area contributed by atoms with Gasteiger partial charge in [-0.3, -0.25) is 0 Å². The lowest BCUT2D eigenvalue weighted by Crippen LogP contribution is -2.79. The smallest absolute Gasteiger partial charge is 0.321 e. The average molecular weight is 703 g/mol. The van der Waals surface area contributed by atoms with Gasteiger partial charge >= 0.3 is 5.66 Å². The van der Waals surface area contributed by atoms with Crippen LogP contribution in [0.4, 0.5) is 17.2 Å². The lowest BCUT2D eigenvalue weighted by Gasteiger charge is -2.47. The molecular formula is C50H30N4O+2. The van der Waals surface area contributed by atoms with Gasteiger partial charge in [0.1, 0.15) is 33.8 Å². The Balaban J connectivity index is 1.26. The quantitative estimate of drug-likeness (QED) is 0.147. The molecule has 0 fully saturated rings. The number of hydrogen-bond donors (Lipinski definition) is 0. The summed E-state index contributed by atoms with van der Waals surface area (Å²) in [4.78, 5) is 2.61. The zero-order valence-electron chi connectivity index (χ0n) is 30.1. The molecule has 6 aliphatic rings. The van der Waals surface area contributed by atoms with Gasteiger partial charge in [0.2, 0.25) is 0 Å². The number of pyridine rings is 2. The highest BCUT2D eigenvalue weighted by Gasteiger charge is 2.68. The maximum atomic E-state index is 7.29. The Labute approximate surface area is 316 Å². The first-order chi connectivity index (χ1) is 27.1. The molecule has 6 aromatic carbocycles. The molecule has 5 nitrogen and oxygen atoms in total. The van der Waals surface area contributed by atoms with E-state index in [1.807, 2.05) is 0 Å². The van der Waals surface area contributed by atoms with Crippen molar-refractivity contribution in [2.24, 2.45) is 0 Å². The van der Waals surface area contributed by atoms with Crippen molar-refractivity contribution in [3.63, 3.8) is 0 Å². The predicted octanol–water partition coefficient (Wildman–Crippen LogP) is 10.8. The van der Waals surface area contributed by atoms with Gasteiger partial charge in [-0.25, -0.2) is 0 Å². The number of para-hydroxylation sites is 2. The third kappa shape index (κ3) is 2.67. The second-order valence-corrected chi connectivity index (χ2v) is 16.5. The number of benzene rings is 6. The van der Waals surface area contributed by atoms with E-state index in [1.54, 1.807) is 0 Å². The van der Waals surface area contributed by atoms with E-state index < -0.39 is 5.66 Å². The summed E-state index contributed by atoms with van der Waals surface area (Å²) in [5.74, 6) is 2.99. The summed E-state index contributed by atoms with van der Waals surface area (Å²) < 4.78 is 15.1. The average Bonchev–Trinajstić information content (AvgIpc) is 3.43. The number of hydrogen-bond acceptors (Lipinski definition) is 2. The fourth-order valence-corrected chi connectivity index (χ4v) is 11.8. The lowest BCUT2D eigenvalue weighted by molar-refractivity contribution is -0.958. The van der Waals surface area contributed by atoms with E-state index >= 15 is 0 Å². The molecule has 3 aromatic heterocycles. The van der Waals surface area contributed by atoms with E-state index in [0.717, 1.165) is 11.5 Å². The molecule has 0 radical (unpaired) electrons. The van der Waals surface area contributed by atoms with Gasteiger partial charge in [0.25, 0.3) is 11.5 Å². The maximum absolute atomic E-state index is 7.29. The molecule has 6 aliphatic heterocycles. The topological polar surface area (TPSA) is 25.2 Å². The van der Waals surface area contributed by atoms with Crippen LogP contribution in [-0.2, 0) is 11.1 Å². The molecular weight excluding hydrogens is 673 g/mol. The molecule has 15 rings (SSSR count). The summed E-state index contributed by atoms with van der Waals surface area (Å²) >= 11 is 0. The van der Waals surface area contributed by atoms with Crippen molar-refractivity contribution in [2.45, 2.75) is 24.9 Å². The van der Waals surface area contributed by atoms with Crippen LogP contribution in [-0.4, -0.2) is 4.57 Å². The third-order valence-electron chi connectivity index (χ3n) is 13.9. The number of nitrogens with zero attached hydrogens (tertiary/aromatic N) is 4. The predicted molar refractivity (Wildman–Crippen MR) is 215 cm³/mol. The number of aromatic nitrogens is 3. The molecule has 1 spiro atoms. The molecule has 0 saturated carbocycles.